The maximum absolute atomic E-state index is 2.21. The molecule has 2 nitrogen and oxygen atoms in total. The van der Waals surface area contributed by atoms with E-state index in [-0.39, 0.29) is 5.48 Å². The summed E-state index contributed by atoms with van der Waals surface area (Å²) in [6, 6.07) is 0. The molecule has 0 saturated carbocycles. The van der Waals surface area contributed by atoms with Gasteiger partial charge >= 0.3 is 0 Å². The van der Waals surface area contributed by atoms with Crippen LogP contribution in [0.4, 0.5) is 0 Å². The van der Waals surface area contributed by atoms with Crippen molar-refractivity contribution < 1.29 is 5.48 Å². The zero-order valence-corrected chi connectivity index (χ0v) is 5.89. The van der Waals surface area contributed by atoms with Gasteiger partial charge < -0.3 is 10.4 Å². The van der Waals surface area contributed by atoms with Crippen LogP contribution in [0, 0.1) is 0 Å². The molecule has 0 aliphatic carbocycles. The summed E-state index contributed by atoms with van der Waals surface area (Å²) in [6.07, 6.45) is 6.42. The van der Waals surface area contributed by atoms with Gasteiger partial charge in [0.25, 0.3) is 0 Å². The second-order valence-electron chi connectivity index (χ2n) is 2.20. The fourth-order valence-corrected chi connectivity index (χ4v) is 0.662. The summed E-state index contributed by atoms with van der Waals surface area (Å²) in [7, 11) is 2.07. The first kappa shape index (κ1) is 8.24. The molecule has 0 amide bonds. The molecule has 0 aromatic carbocycles. The molecule has 0 fully saturated rings. The standard InChI is InChI=1S/C7H11N.H2O/c1-7-3-5-8(2)6-4-7;/h3-5H,6H2,1-2H3;1H2. The second-order valence-corrected chi connectivity index (χ2v) is 2.20. The van der Waals surface area contributed by atoms with E-state index in [1.54, 1.807) is 0 Å². The molecule has 0 aromatic heterocycles. The highest BCUT2D eigenvalue weighted by Crippen LogP contribution is 2.02. The first-order chi connectivity index (χ1) is 3.79. The van der Waals surface area contributed by atoms with Gasteiger partial charge in [0, 0.05) is 13.6 Å². The fraction of sp³-hybridized carbons (Fsp3) is 0.429. The lowest BCUT2D eigenvalue weighted by molar-refractivity contribution is 0.502. The van der Waals surface area contributed by atoms with Crippen LogP contribution in [0.5, 0.6) is 0 Å². The van der Waals surface area contributed by atoms with Gasteiger partial charge in [-0.2, -0.15) is 0 Å². The quantitative estimate of drug-likeness (QED) is 0.468. The third-order valence-corrected chi connectivity index (χ3v) is 1.29. The Bertz CT molecular complexity index is 138. The summed E-state index contributed by atoms with van der Waals surface area (Å²) in [5, 5.41) is 0. The molecule has 0 bridgehead atoms. The van der Waals surface area contributed by atoms with Gasteiger partial charge in [-0.05, 0) is 19.2 Å². The Morgan fingerprint density at radius 1 is 1.56 bits per heavy atom. The minimum atomic E-state index is 0. The Morgan fingerprint density at radius 2 is 2.22 bits per heavy atom. The minimum Gasteiger partial charge on any atom is -0.412 e. The second kappa shape index (κ2) is 3.30. The number of hydrogen-bond acceptors (Lipinski definition) is 1. The largest absolute Gasteiger partial charge is 0.412 e. The number of allylic oxidation sites excluding steroid dienone is 2. The fourth-order valence-electron chi connectivity index (χ4n) is 0.662. The van der Waals surface area contributed by atoms with E-state index in [0.717, 1.165) is 6.54 Å². The van der Waals surface area contributed by atoms with Gasteiger partial charge in [0.2, 0.25) is 0 Å². The van der Waals surface area contributed by atoms with Gasteiger partial charge in [0.15, 0.2) is 0 Å². The maximum Gasteiger partial charge on any atom is 0.0356 e. The molecule has 0 aromatic rings. The third kappa shape index (κ3) is 2.33. The molecule has 52 valence electrons. The van der Waals surface area contributed by atoms with Gasteiger partial charge in [0.05, 0.1) is 0 Å². The van der Waals surface area contributed by atoms with Crippen LogP contribution >= 0.6 is 0 Å². The normalized spacial score (nSPS) is 16.7. The van der Waals surface area contributed by atoms with Crippen molar-refractivity contribution in [2.75, 3.05) is 13.6 Å². The highest BCUT2D eigenvalue weighted by Gasteiger charge is 1.92. The molecule has 0 spiro atoms. The molecule has 2 heteroatoms. The Balaban J connectivity index is 0.000000640. The summed E-state index contributed by atoms with van der Waals surface area (Å²) in [6.45, 7) is 3.17. The Kier molecular flexibility index (Phi) is 3.02. The topological polar surface area (TPSA) is 34.7 Å². The zero-order chi connectivity index (χ0) is 5.98. The monoisotopic (exact) mass is 127 g/mol. The van der Waals surface area contributed by atoms with Crippen molar-refractivity contribution >= 4 is 0 Å². The van der Waals surface area contributed by atoms with E-state index in [4.69, 9.17) is 0 Å². The van der Waals surface area contributed by atoms with Crippen LogP contribution in [0.25, 0.3) is 0 Å². The average molecular weight is 127 g/mol. The van der Waals surface area contributed by atoms with E-state index in [1.807, 2.05) is 0 Å². The molecular weight excluding hydrogens is 114 g/mol. The number of hydrogen-bond donors (Lipinski definition) is 0. The molecule has 1 aliphatic rings. The molecule has 0 atom stereocenters. The molecule has 1 heterocycles. The van der Waals surface area contributed by atoms with Crippen molar-refractivity contribution in [1.82, 2.24) is 4.90 Å². The third-order valence-electron chi connectivity index (χ3n) is 1.29. The summed E-state index contributed by atoms with van der Waals surface area (Å²) in [4.78, 5) is 2.15. The van der Waals surface area contributed by atoms with E-state index in [0.29, 0.717) is 0 Å². The Labute approximate surface area is 55.8 Å². The van der Waals surface area contributed by atoms with Gasteiger partial charge in [-0.15, -0.1) is 0 Å². The predicted molar refractivity (Wildman–Crippen MR) is 39.1 cm³/mol. The molecule has 2 N–H and O–H groups in total. The summed E-state index contributed by atoms with van der Waals surface area (Å²) >= 11 is 0. The first-order valence-corrected chi connectivity index (χ1v) is 2.84. The van der Waals surface area contributed by atoms with Crippen LogP contribution in [0.15, 0.2) is 23.9 Å². The molecule has 0 saturated heterocycles. The van der Waals surface area contributed by atoms with Crippen molar-refractivity contribution in [1.29, 1.82) is 0 Å². The molecule has 0 radical (unpaired) electrons. The highest BCUT2D eigenvalue weighted by atomic mass is 16.0. The minimum absolute atomic E-state index is 0. The molecule has 1 rings (SSSR count). The van der Waals surface area contributed by atoms with Crippen LogP contribution in [-0.2, 0) is 0 Å². The maximum atomic E-state index is 2.21. The molecular formula is C7H13NO. The van der Waals surface area contributed by atoms with Crippen molar-refractivity contribution in [3.8, 4) is 0 Å². The zero-order valence-electron chi connectivity index (χ0n) is 5.89. The van der Waals surface area contributed by atoms with Gasteiger partial charge in [-0.25, -0.2) is 0 Å². The summed E-state index contributed by atoms with van der Waals surface area (Å²) in [5.41, 5.74) is 1.36. The van der Waals surface area contributed by atoms with E-state index >= 15 is 0 Å². The van der Waals surface area contributed by atoms with Crippen LogP contribution in [0.2, 0.25) is 0 Å². The van der Waals surface area contributed by atoms with E-state index in [1.165, 1.54) is 5.57 Å². The summed E-state index contributed by atoms with van der Waals surface area (Å²) < 4.78 is 0. The van der Waals surface area contributed by atoms with Crippen molar-refractivity contribution in [2.45, 2.75) is 6.92 Å². The lowest BCUT2D eigenvalue weighted by Crippen LogP contribution is -2.12. The Morgan fingerprint density at radius 3 is 2.56 bits per heavy atom. The Hall–Kier alpha value is -0.760. The first-order valence-electron chi connectivity index (χ1n) is 2.84. The van der Waals surface area contributed by atoms with Crippen LogP contribution in [-0.4, -0.2) is 24.0 Å². The molecule has 0 unspecified atom stereocenters. The van der Waals surface area contributed by atoms with E-state index in [2.05, 4.69) is 37.2 Å². The van der Waals surface area contributed by atoms with E-state index < -0.39 is 0 Å². The number of likely N-dealkylation sites (N-methyl/N-ethyl adjacent to an activating group) is 1. The lowest BCUT2D eigenvalue weighted by atomic mass is 10.2. The smallest absolute Gasteiger partial charge is 0.0356 e. The van der Waals surface area contributed by atoms with Crippen LogP contribution in [0.1, 0.15) is 6.92 Å². The number of rotatable bonds is 0. The van der Waals surface area contributed by atoms with Crippen molar-refractivity contribution in [3.05, 3.63) is 23.9 Å². The van der Waals surface area contributed by atoms with Crippen molar-refractivity contribution in [2.24, 2.45) is 0 Å². The van der Waals surface area contributed by atoms with Crippen LogP contribution in [0.3, 0.4) is 0 Å². The van der Waals surface area contributed by atoms with Gasteiger partial charge in [0.1, 0.15) is 0 Å². The van der Waals surface area contributed by atoms with E-state index in [9.17, 15) is 0 Å². The lowest BCUT2D eigenvalue weighted by Gasteiger charge is -2.14. The summed E-state index contributed by atoms with van der Waals surface area (Å²) in [5.74, 6) is 0. The van der Waals surface area contributed by atoms with Crippen molar-refractivity contribution in [3.63, 3.8) is 0 Å². The average Bonchev–Trinajstić information content (AvgIpc) is 1.77. The van der Waals surface area contributed by atoms with Crippen LogP contribution < -0.4 is 0 Å². The molecule has 9 heavy (non-hydrogen) atoms. The van der Waals surface area contributed by atoms with Gasteiger partial charge in [-0.1, -0.05) is 11.6 Å². The number of nitrogens with zero attached hydrogens (tertiary/aromatic N) is 1. The van der Waals surface area contributed by atoms with Gasteiger partial charge in [-0.3, -0.25) is 0 Å². The highest BCUT2D eigenvalue weighted by molar-refractivity contribution is 5.19. The SMILES string of the molecule is CC1=CCN(C)C=C1.O. The predicted octanol–water partition coefficient (Wildman–Crippen LogP) is 0.567. The molecule has 1 aliphatic heterocycles.